The minimum atomic E-state index is -4.62. The van der Waals surface area contributed by atoms with Crippen molar-refractivity contribution in [1.29, 1.82) is 0 Å². The summed E-state index contributed by atoms with van der Waals surface area (Å²) in [5.74, 6) is -1.28. The number of rotatable bonds is 0. The number of carbonyl (C=O) groups excluding carboxylic acids is 1. The molecule has 5 heteroatoms. The maximum absolute atomic E-state index is 12.0. The molecule has 1 heterocycles. The lowest BCUT2D eigenvalue weighted by Crippen LogP contribution is -2.27. The SMILES string of the molecule is CC1=[C][N]C(=O)C(C(F)(F)F)=C1. The maximum atomic E-state index is 12.0. The Balaban J connectivity index is 3.02. The summed E-state index contributed by atoms with van der Waals surface area (Å²) in [6.07, 6.45) is -1.74. The fraction of sp³-hybridized carbons (Fsp3) is 0.286. The van der Waals surface area contributed by atoms with Gasteiger partial charge in [0.1, 0.15) is 5.57 Å². The van der Waals surface area contributed by atoms with Crippen molar-refractivity contribution in [1.82, 2.24) is 5.32 Å². The van der Waals surface area contributed by atoms with Crippen LogP contribution in [-0.4, -0.2) is 12.1 Å². The molecule has 0 unspecified atom stereocenters. The number of hydrogen-bond acceptors (Lipinski definition) is 1. The third kappa shape index (κ3) is 1.66. The minimum Gasteiger partial charge on any atom is -0.267 e. The predicted molar refractivity (Wildman–Crippen MR) is 33.7 cm³/mol. The van der Waals surface area contributed by atoms with Gasteiger partial charge >= 0.3 is 6.18 Å². The van der Waals surface area contributed by atoms with E-state index in [-0.39, 0.29) is 5.57 Å². The van der Waals surface area contributed by atoms with Crippen LogP contribution in [0.5, 0.6) is 0 Å². The molecule has 0 aromatic heterocycles. The van der Waals surface area contributed by atoms with Gasteiger partial charge in [-0.25, -0.2) is 5.32 Å². The highest BCUT2D eigenvalue weighted by atomic mass is 19.4. The van der Waals surface area contributed by atoms with Gasteiger partial charge < -0.3 is 0 Å². The Morgan fingerprint density at radius 2 is 2.08 bits per heavy atom. The van der Waals surface area contributed by atoms with E-state index in [0.29, 0.717) is 0 Å². The summed E-state index contributed by atoms with van der Waals surface area (Å²) in [5.41, 5.74) is -1.04. The zero-order valence-electron chi connectivity index (χ0n) is 6.07. The number of alkyl halides is 3. The van der Waals surface area contributed by atoms with Crippen LogP contribution in [0.1, 0.15) is 6.92 Å². The van der Waals surface area contributed by atoms with Crippen molar-refractivity contribution in [3.8, 4) is 0 Å². The fourth-order valence-electron chi connectivity index (χ4n) is 0.713. The Labute approximate surface area is 66.8 Å². The quantitative estimate of drug-likeness (QED) is 0.546. The number of hydrogen-bond donors (Lipinski definition) is 0. The lowest BCUT2D eigenvalue weighted by molar-refractivity contribution is -0.130. The summed E-state index contributed by atoms with van der Waals surface area (Å²) < 4.78 is 35.9. The van der Waals surface area contributed by atoms with E-state index in [1.165, 1.54) is 6.92 Å². The Kier molecular flexibility index (Phi) is 1.95. The summed E-state index contributed by atoms with van der Waals surface area (Å²) in [7, 11) is 0. The first-order valence-electron chi connectivity index (χ1n) is 3.05. The molecule has 0 atom stereocenters. The van der Waals surface area contributed by atoms with Crippen LogP contribution in [0.25, 0.3) is 0 Å². The zero-order valence-corrected chi connectivity index (χ0v) is 6.07. The lowest BCUT2D eigenvalue weighted by atomic mass is 10.1. The van der Waals surface area contributed by atoms with Crippen molar-refractivity contribution in [2.24, 2.45) is 0 Å². The summed E-state index contributed by atoms with van der Waals surface area (Å²) in [6, 6.07) is 0. The maximum Gasteiger partial charge on any atom is 0.421 e. The van der Waals surface area contributed by atoms with Crippen LogP contribution in [0.15, 0.2) is 17.2 Å². The highest BCUT2D eigenvalue weighted by Gasteiger charge is 2.39. The molecule has 64 valence electrons. The van der Waals surface area contributed by atoms with Crippen LogP contribution in [-0.2, 0) is 4.79 Å². The molecule has 1 amide bonds. The molecule has 0 N–H and O–H groups in total. The minimum absolute atomic E-state index is 0.196. The Hall–Kier alpha value is -1.26. The molecule has 1 rings (SSSR count). The Morgan fingerprint density at radius 3 is 2.50 bits per heavy atom. The van der Waals surface area contributed by atoms with Crippen molar-refractivity contribution >= 4 is 5.91 Å². The first-order chi connectivity index (χ1) is 5.41. The van der Waals surface area contributed by atoms with Crippen LogP contribution < -0.4 is 5.32 Å². The molecule has 0 aliphatic carbocycles. The number of nitrogens with zero attached hydrogens (tertiary/aromatic N) is 1. The number of halogens is 3. The fourth-order valence-corrected chi connectivity index (χ4v) is 0.713. The molecule has 12 heavy (non-hydrogen) atoms. The van der Waals surface area contributed by atoms with Crippen molar-refractivity contribution in [3.63, 3.8) is 0 Å². The van der Waals surface area contributed by atoms with Crippen LogP contribution in [0.3, 0.4) is 0 Å². The average Bonchev–Trinajstić information content (AvgIpc) is 1.92. The number of carbonyl (C=O) groups is 1. The van der Waals surface area contributed by atoms with Gasteiger partial charge in [-0.1, -0.05) is 0 Å². The Bertz CT molecular complexity index is 275. The van der Waals surface area contributed by atoms with E-state index in [9.17, 15) is 18.0 Å². The predicted octanol–water partition coefficient (Wildman–Crippen LogP) is 1.33. The third-order valence-electron chi connectivity index (χ3n) is 1.23. The van der Waals surface area contributed by atoms with Gasteiger partial charge in [0.15, 0.2) is 0 Å². The second-order valence-corrected chi connectivity index (χ2v) is 2.27. The number of amides is 1. The van der Waals surface area contributed by atoms with Crippen LogP contribution in [0.2, 0.25) is 0 Å². The van der Waals surface area contributed by atoms with Crippen LogP contribution in [0, 0.1) is 6.20 Å². The van der Waals surface area contributed by atoms with E-state index in [1.54, 1.807) is 0 Å². The highest BCUT2D eigenvalue weighted by molar-refractivity contribution is 5.96. The zero-order chi connectivity index (χ0) is 9.35. The molecule has 0 spiro atoms. The van der Waals surface area contributed by atoms with E-state index < -0.39 is 17.7 Å². The molecule has 0 aromatic carbocycles. The highest BCUT2D eigenvalue weighted by Crippen LogP contribution is 2.28. The van der Waals surface area contributed by atoms with Gasteiger partial charge in [0.05, 0.1) is 6.20 Å². The molecule has 0 bridgehead atoms. The molecule has 0 saturated heterocycles. The van der Waals surface area contributed by atoms with Gasteiger partial charge in [-0.05, 0) is 18.6 Å². The second-order valence-electron chi connectivity index (χ2n) is 2.27. The van der Waals surface area contributed by atoms with Crippen molar-refractivity contribution in [3.05, 3.63) is 23.4 Å². The molecular formula is C7H4F3NO. The number of allylic oxidation sites excluding steroid dienone is 2. The van der Waals surface area contributed by atoms with E-state index in [0.717, 1.165) is 6.08 Å². The van der Waals surface area contributed by atoms with E-state index in [1.807, 2.05) is 0 Å². The second kappa shape index (κ2) is 2.66. The molecule has 2 radical (unpaired) electrons. The van der Waals surface area contributed by atoms with Crippen molar-refractivity contribution < 1.29 is 18.0 Å². The van der Waals surface area contributed by atoms with Gasteiger partial charge in [-0.3, -0.25) is 4.79 Å². The average molecular weight is 175 g/mol. The normalized spacial score (nSPS) is 18.2. The monoisotopic (exact) mass is 175 g/mol. The first-order valence-corrected chi connectivity index (χ1v) is 3.05. The summed E-state index contributed by atoms with van der Waals surface area (Å²) in [4.78, 5) is 10.6. The van der Waals surface area contributed by atoms with Crippen LogP contribution in [0.4, 0.5) is 13.2 Å². The molecule has 2 nitrogen and oxygen atoms in total. The van der Waals surface area contributed by atoms with Gasteiger partial charge in [0, 0.05) is 0 Å². The van der Waals surface area contributed by atoms with Crippen molar-refractivity contribution in [2.45, 2.75) is 13.1 Å². The van der Waals surface area contributed by atoms with Crippen LogP contribution >= 0.6 is 0 Å². The standard InChI is InChI=1S/C7H4F3NO/c1-4-2-5(7(8,9)10)6(12)11-3-4/h2H,1H3. The largest absolute Gasteiger partial charge is 0.421 e. The summed E-state index contributed by atoms with van der Waals surface area (Å²) in [5, 5.41) is 2.94. The molecule has 0 aromatic rings. The molecule has 1 aliphatic rings. The first kappa shape index (κ1) is 8.83. The topological polar surface area (TPSA) is 31.2 Å². The molecular weight excluding hydrogens is 171 g/mol. The van der Waals surface area contributed by atoms with Crippen molar-refractivity contribution in [2.75, 3.05) is 0 Å². The van der Waals surface area contributed by atoms with Gasteiger partial charge in [-0.15, -0.1) is 0 Å². The Morgan fingerprint density at radius 1 is 1.50 bits per heavy atom. The van der Waals surface area contributed by atoms with E-state index >= 15 is 0 Å². The van der Waals surface area contributed by atoms with Gasteiger partial charge in [-0.2, -0.15) is 13.2 Å². The van der Waals surface area contributed by atoms with E-state index in [4.69, 9.17) is 0 Å². The smallest absolute Gasteiger partial charge is 0.267 e. The van der Waals surface area contributed by atoms with Gasteiger partial charge in [0.25, 0.3) is 5.91 Å². The van der Waals surface area contributed by atoms with E-state index in [2.05, 4.69) is 11.5 Å². The molecule has 0 fully saturated rings. The lowest BCUT2D eigenvalue weighted by Gasteiger charge is -2.11. The third-order valence-corrected chi connectivity index (χ3v) is 1.23. The summed E-state index contributed by atoms with van der Waals surface area (Å²) in [6.45, 7) is 1.39. The summed E-state index contributed by atoms with van der Waals surface area (Å²) >= 11 is 0. The molecule has 0 saturated carbocycles. The molecule has 1 aliphatic heterocycles. The van der Waals surface area contributed by atoms with Gasteiger partial charge in [0.2, 0.25) is 0 Å².